The van der Waals surface area contributed by atoms with Crippen LogP contribution in [-0.4, -0.2) is 36.6 Å². The van der Waals surface area contributed by atoms with Gasteiger partial charge < -0.3 is 4.90 Å². The fourth-order valence-electron chi connectivity index (χ4n) is 2.45. The van der Waals surface area contributed by atoms with Gasteiger partial charge in [-0.3, -0.25) is 19.5 Å². The van der Waals surface area contributed by atoms with Gasteiger partial charge in [-0.15, -0.1) is 0 Å². The predicted molar refractivity (Wildman–Crippen MR) is 75.3 cm³/mol. The molecule has 0 radical (unpaired) electrons. The smallest absolute Gasteiger partial charge is 0.329 e. The second kappa shape index (κ2) is 5.10. The molecule has 0 N–H and O–H groups in total. The lowest BCUT2D eigenvalue weighted by Gasteiger charge is -2.26. The molecule has 0 unspecified atom stereocenters. The molecule has 1 aliphatic rings. The van der Waals surface area contributed by atoms with Crippen molar-refractivity contribution in [2.24, 2.45) is 7.05 Å². The summed E-state index contributed by atoms with van der Waals surface area (Å²) in [6.07, 6.45) is 0. The van der Waals surface area contributed by atoms with Gasteiger partial charge in [0, 0.05) is 37.8 Å². The Labute approximate surface area is 124 Å². The summed E-state index contributed by atoms with van der Waals surface area (Å²) in [7, 11) is 1.57. The minimum Gasteiger partial charge on any atom is -0.329 e. The van der Waals surface area contributed by atoms with Gasteiger partial charge in [-0.05, 0) is 12.1 Å². The van der Waals surface area contributed by atoms with Crippen LogP contribution in [0.4, 0.5) is 5.69 Å². The molecule has 22 heavy (non-hydrogen) atoms. The molecule has 9 nitrogen and oxygen atoms in total. The number of aryl methyl sites for hydroxylation is 1. The van der Waals surface area contributed by atoms with Crippen molar-refractivity contribution in [2.75, 3.05) is 6.54 Å². The lowest BCUT2D eigenvalue weighted by Crippen LogP contribution is -2.40. The molecule has 2 heterocycles. The summed E-state index contributed by atoms with van der Waals surface area (Å²) in [5.74, 6) is 0.299. The highest BCUT2D eigenvalue weighted by Crippen LogP contribution is 2.16. The van der Waals surface area contributed by atoms with E-state index in [1.807, 2.05) is 0 Å². The second-order valence-electron chi connectivity index (χ2n) is 5.00. The van der Waals surface area contributed by atoms with E-state index in [0.29, 0.717) is 24.5 Å². The van der Waals surface area contributed by atoms with Gasteiger partial charge in [-0.1, -0.05) is 0 Å². The number of amides is 1. The van der Waals surface area contributed by atoms with Crippen molar-refractivity contribution in [3.63, 3.8) is 0 Å². The van der Waals surface area contributed by atoms with Crippen molar-refractivity contribution >= 4 is 11.6 Å². The molecule has 0 saturated carbocycles. The largest absolute Gasteiger partial charge is 0.345 e. The van der Waals surface area contributed by atoms with Crippen LogP contribution in [-0.2, 0) is 20.1 Å². The Morgan fingerprint density at radius 1 is 1.27 bits per heavy atom. The van der Waals surface area contributed by atoms with E-state index in [4.69, 9.17) is 0 Å². The maximum atomic E-state index is 12.4. The fourth-order valence-corrected chi connectivity index (χ4v) is 2.45. The first-order chi connectivity index (χ1) is 10.5. The van der Waals surface area contributed by atoms with Crippen LogP contribution in [0.5, 0.6) is 0 Å². The third-order valence-corrected chi connectivity index (χ3v) is 3.62. The number of nitro benzene ring substituents is 1. The molecule has 0 bridgehead atoms. The minimum absolute atomic E-state index is 0.0613. The Morgan fingerprint density at radius 2 is 1.95 bits per heavy atom. The zero-order chi connectivity index (χ0) is 15.9. The van der Waals surface area contributed by atoms with Gasteiger partial charge in [0.2, 0.25) is 0 Å². The molecule has 9 heteroatoms. The number of hydrogen-bond donors (Lipinski definition) is 0. The molecule has 0 fully saturated rings. The zero-order valence-corrected chi connectivity index (χ0v) is 11.8. The van der Waals surface area contributed by atoms with E-state index >= 15 is 0 Å². The minimum atomic E-state index is -0.512. The number of aromatic nitrogens is 3. The van der Waals surface area contributed by atoms with E-state index in [9.17, 15) is 19.7 Å². The van der Waals surface area contributed by atoms with Crippen molar-refractivity contribution in [1.29, 1.82) is 0 Å². The highest BCUT2D eigenvalue weighted by molar-refractivity contribution is 5.94. The number of carbonyl (C=O) groups excluding carboxylic acids is 1. The molecule has 0 atom stereocenters. The molecule has 1 aliphatic heterocycles. The number of non-ortho nitro benzene ring substituents is 1. The molecular weight excluding hydrogens is 290 g/mol. The summed E-state index contributed by atoms with van der Waals surface area (Å²) < 4.78 is 2.79. The summed E-state index contributed by atoms with van der Waals surface area (Å²) in [6, 6.07) is 5.46. The molecule has 1 aromatic carbocycles. The standard InChI is InChI=1S/C13H13N5O4/c1-15-13(20)17-7-6-16(8-11(17)14-15)12(19)9-2-4-10(5-3-9)18(21)22/h2-5H,6-8H2,1H3. The first kappa shape index (κ1) is 14.0. The Bertz CT molecular complexity index is 805. The molecular formula is C13H13N5O4. The Hall–Kier alpha value is -2.97. The van der Waals surface area contributed by atoms with Crippen LogP contribution >= 0.6 is 0 Å². The van der Waals surface area contributed by atoms with E-state index in [1.165, 1.54) is 28.9 Å². The van der Waals surface area contributed by atoms with Gasteiger partial charge >= 0.3 is 5.69 Å². The topological polar surface area (TPSA) is 103 Å². The molecule has 3 rings (SSSR count). The quantitative estimate of drug-likeness (QED) is 0.580. The second-order valence-corrected chi connectivity index (χ2v) is 5.00. The summed E-state index contributed by atoms with van der Waals surface area (Å²) in [5, 5.41) is 14.7. The SMILES string of the molecule is Cn1nc2n(c1=O)CCN(C(=O)c1ccc([N+](=O)[O-])cc1)C2. The van der Waals surface area contributed by atoms with Gasteiger partial charge in [-0.2, -0.15) is 5.10 Å². The molecule has 0 saturated heterocycles. The van der Waals surface area contributed by atoms with Crippen molar-refractivity contribution in [1.82, 2.24) is 19.2 Å². The van der Waals surface area contributed by atoms with Crippen molar-refractivity contribution in [3.8, 4) is 0 Å². The van der Waals surface area contributed by atoms with Crippen molar-refractivity contribution in [2.45, 2.75) is 13.1 Å². The molecule has 1 amide bonds. The maximum absolute atomic E-state index is 12.4. The number of rotatable bonds is 2. The Kier molecular flexibility index (Phi) is 3.24. The lowest BCUT2D eigenvalue weighted by molar-refractivity contribution is -0.384. The summed E-state index contributed by atoms with van der Waals surface area (Å²) >= 11 is 0. The van der Waals surface area contributed by atoms with Crippen LogP contribution in [0.25, 0.3) is 0 Å². The number of fused-ring (bicyclic) bond motifs is 1. The Morgan fingerprint density at radius 3 is 2.59 bits per heavy atom. The third kappa shape index (κ3) is 2.26. The van der Waals surface area contributed by atoms with Crippen LogP contribution in [0.2, 0.25) is 0 Å². The third-order valence-electron chi connectivity index (χ3n) is 3.62. The summed E-state index contributed by atoms with van der Waals surface area (Å²) in [6.45, 7) is 1.03. The summed E-state index contributed by atoms with van der Waals surface area (Å²) in [4.78, 5) is 35.9. The van der Waals surface area contributed by atoms with Crippen LogP contribution in [0.3, 0.4) is 0 Å². The van der Waals surface area contributed by atoms with Crippen molar-refractivity contribution in [3.05, 3.63) is 56.3 Å². The number of carbonyl (C=O) groups is 1. The first-order valence-corrected chi connectivity index (χ1v) is 6.64. The van der Waals surface area contributed by atoms with Gasteiger partial charge in [0.05, 0.1) is 11.5 Å². The van der Waals surface area contributed by atoms with Crippen LogP contribution in [0, 0.1) is 10.1 Å². The van der Waals surface area contributed by atoms with E-state index < -0.39 is 4.92 Å². The van der Waals surface area contributed by atoms with Crippen molar-refractivity contribution < 1.29 is 9.72 Å². The van der Waals surface area contributed by atoms with Gasteiger partial charge in [0.1, 0.15) is 0 Å². The van der Waals surface area contributed by atoms with Crippen LogP contribution in [0.1, 0.15) is 16.2 Å². The maximum Gasteiger partial charge on any atom is 0.345 e. The molecule has 0 aliphatic carbocycles. The number of hydrogen-bond acceptors (Lipinski definition) is 5. The number of nitro groups is 1. The Balaban J connectivity index is 1.81. The molecule has 0 spiro atoms. The number of benzene rings is 1. The van der Waals surface area contributed by atoms with E-state index in [-0.39, 0.29) is 23.8 Å². The van der Waals surface area contributed by atoms with Crippen LogP contribution in [0.15, 0.2) is 29.1 Å². The normalized spacial score (nSPS) is 13.8. The van der Waals surface area contributed by atoms with E-state index in [0.717, 1.165) is 0 Å². The number of nitrogens with zero attached hydrogens (tertiary/aromatic N) is 5. The molecule has 1 aromatic heterocycles. The first-order valence-electron chi connectivity index (χ1n) is 6.64. The molecule has 2 aromatic rings. The van der Waals surface area contributed by atoms with Gasteiger partial charge in [0.15, 0.2) is 5.82 Å². The lowest BCUT2D eigenvalue weighted by atomic mass is 10.1. The highest BCUT2D eigenvalue weighted by Gasteiger charge is 2.25. The predicted octanol–water partition coefficient (Wildman–Crippen LogP) is 0.146. The monoisotopic (exact) mass is 303 g/mol. The summed E-state index contributed by atoms with van der Waals surface area (Å²) in [5.41, 5.74) is 0.114. The van der Waals surface area contributed by atoms with Gasteiger partial charge in [0.25, 0.3) is 11.6 Å². The fraction of sp³-hybridized carbons (Fsp3) is 0.308. The van der Waals surface area contributed by atoms with E-state index in [2.05, 4.69) is 5.10 Å². The molecule has 114 valence electrons. The van der Waals surface area contributed by atoms with Crippen LogP contribution < -0.4 is 5.69 Å². The van der Waals surface area contributed by atoms with Gasteiger partial charge in [-0.25, -0.2) is 9.48 Å². The highest BCUT2D eigenvalue weighted by atomic mass is 16.6. The average Bonchev–Trinajstić information content (AvgIpc) is 2.81. The average molecular weight is 303 g/mol. The van der Waals surface area contributed by atoms with E-state index in [1.54, 1.807) is 16.5 Å². The zero-order valence-electron chi connectivity index (χ0n) is 11.8.